The van der Waals surface area contributed by atoms with Gasteiger partial charge in [-0.1, -0.05) is 13.0 Å². The van der Waals surface area contributed by atoms with Crippen LogP contribution in [0.3, 0.4) is 0 Å². The predicted octanol–water partition coefficient (Wildman–Crippen LogP) is 4.19. The molecule has 1 amide bonds. The van der Waals surface area contributed by atoms with Gasteiger partial charge in [-0.3, -0.25) is 4.79 Å². The lowest BCUT2D eigenvalue weighted by Gasteiger charge is -2.15. The van der Waals surface area contributed by atoms with Gasteiger partial charge in [0.1, 0.15) is 5.01 Å². The molecule has 0 bridgehead atoms. The molecule has 0 fully saturated rings. The number of fused-ring (bicyclic) bond motifs is 1. The Kier molecular flexibility index (Phi) is 4.64. The fraction of sp³-hybridized carbons (Fsp3) is 0.263. The minimum absolute atomic E-state index is 0.0618. The Labute approximate surface area is 145 Å². The van der Waals surface area contributed by atoms with E-state index in [2.05, 4.69) is 35.4 Å². The number of rotatable bonds is 4. The maximum absolute atomic E-state index is 12.1. The molecule has 3 N–H and O–H groups in total. The van der Waals surface area contributed by atoms with Gasteiger partial charge < -0.3 is 11.1 Å². The minimum Gasteiger partial charge on any atom is -0.327 e. The van der Waals surface area contributed by atoms with Crippen molar-refractivity contribution in [2.24, 2.45) is 11.7 Å². The largest absolute Gasteiger partial charge is 0.327 e. The third-order valence-corrected chi connectivity index (χ3v) is 5.21. The lowest BCUT2D eigenvalue weighted by atomic mass is 10.0. The van der Waals surface area contributed by atoms with Crippen molar-refractivity contribution in [3.8, 4) is 10.6 Å². The van der Waals surface area contributed by atoms with Gasteiger partial charge >= 0.3 is 0 Å². The number of amides is 1. The average molecular weight is 339 g/mol. The molecule has 2 atom stereocenters. The van der Waals surface area contributed by atoms with E-state index in [1.165, 1.54) is 10.3 Å². The standard InChI is InChI=1S/C19H21N3OS/c1-11-4-9-16-17(10-11)24-19(22-16)14-5-7-15(8-6-14)21-18(23)12(2)13(3)20/h4-10,12-13H,20H2,1-3H3,(H,21,23). The van der Waals surface area contributed by atoms with Crippen molar-refractivity contribution < 1.29 is 4.79 Å². The molecule has 4 nitrogen and oxygen atoms in total. The Morgan fingerprint density at radius 2 is 1.88 bits per heavy atom. The number of benzene rings is 2. The van der Waals surface area contributed by atoms with E-state index in [1.54, 1.807) is 11.3 Å². The highest BCUT2D eigenvalue weighted by Crippen LogP contribution is 2.31. The van der Waals surface area contributed by atoms with E-state index in [9.17, 15) is 4.79 Å². The van der Waals surface area contributed by atoms with Crippen molar-refractivity contribution in [2.75, 3.05) is 5.32 Å². The Morgan fingerprint density at radius 3 is 2.54 bits per heavy atom. The number of aromatic nitrogens is 1. The topological polar surface area (TPSA) is 68.0 Å². The zero-order valence-electron chi connectivity index (χ0n) is 14.0. The first kappa shape index (κ1) is 16.6. The van der Waals surface area contributed by atoms with Crippen molar-refractivity contribution >= 4 is 33.1 Å². The third-order valence-electron chi connectivity index (χ3n) is 4.15. The number of thiazole rings is 1. The van der Waals surface area contributed by atoms with Crippen LogP contribution in [0, 0.1) is 12.8 Å². The maximum Gasteiger partial charge on any atom is 0.228 e. The molecule has 2 aromatic carbocycles. The van der Waals surface area contributed by atoms with E-state index in [4.69, 9.17) is 5.73 Å². The van der Waals surface area contributed by atoms with Gasteiger partial charge in [-0.25, -0.2) is 4.98 Å². The molecule has 2 unspecified atom stereocenters. The van der Waals surface area contributed by atoms with Gasteiger partial charge in [-0.05, 0) is 55.8 Å². The van der Waals surface area contributed by atoms with Crippen LogP contribution in [0.5, 0.6) is 0 Å². The summed E-state index contributed by atoms with van der Waals surface area (Å²) < 4.78 is 1.19. The van der Waals surface area contributed by atoms with Crippen LogP contribution in [0.2, 0.25) is 0 Å². The van der Waals surface area contributed by atoms with Gasteiger partial charge in [0.25, 0.3) is 0 Å². The monoisotopic (exact) mass is 339 g/mol. The number of carbonyl (C=O) groups excluding carboxylic acids is 1. The molecule has 24 heavy (non-hydrogen) atoms. The summed E-state index contributed by atoms with van der Waals surface area (Å²) >= 11 is 1.68. The molecule has 0 aliphatic carbocycles. The molecule has 0 saturated carbocycles. The van der Waals surface area contributed by atoms with Crippen molar-refractivity contribution in [1.29, 1.82) is 0 Å². The molecule has 3 rings (SSSR count). The fourth-order valence-corrected chi connectivity index (χ4v) is 3.42. The number of hydrogen-bond donors (Lipinski definition) is 2. The highest BCUT2D eigenvalue weighted by atomic mass is 32.1. The van der Waals surface area contributed by atoms with Crippen molar-refractivity contribution in [1.82, 2.24) is 4.98 Å². The number of aryl methyl sites for hydroxylation is 1. The van der Waals surface area contributed by atoms with Gasteiger partial charge in [-0.15, -0.1) is 11.3 Å². The summed E-state index contributed by atoms with van der Waals surface area (Å²) in [5.41, 5.74) is 9.84. The molecule has 1 heterocycles. The van der Waals surface area contributed by atoms with Gasteiger partial charge in [0, 0.05) is 17.3 Å². The van der Waals surface area contributed by atoms with Crippen LogP contribution in [-0.2, 0) is 4.79 Å². The second-order valence-corrected chi connectivity index (χ2v) is 7.24. The Balaban J connectivity index is 1.79. The summed E-state index contributed by atoms with van der Waals surface area (Å²) in [6.07, 6.45) is 0. The van der Waals surface area contributed by atoms with Crippen molar-refractivity contribution in [3.05, 3.63) is 48.0 Å². The molecule has 5 heteroatoms. The van der Waals surface area contributed by atoms with E-state index in [0.717, 1.165) is 21.8 Å². The molecular formula is C19H21N3OS. The van der Waals surface area contributed by atoms with Crippen LogP contribution in [0.25, 0.3) is 20.8 Å². The highest BCUT2D eigenvalue weighted by Gasteiger charge is 2.17. The summed E-state index contributed by atoms with van der Waals surface area (Å²) in [6.45, 7) is 5.75. The van der Waals surface area contributed by atoms with Gasteiger partial charge in [0.2, 0.25) is 5.91 Å². The van der Waals surface area contributed by atoms with E-state index in [0.29, 0.717) is 0 Å². The van der Waals surface area contributed by atoms with Gasteiger partial charge in [0.05, 0.1) is 16.1 Å². The lowest BCUT2D eigenvalue weighted by Crippen LogP contribution is -2.34. The minimum atomic E-state index is -0.225. The van der Waals surface area contributed by atoms with Crippen molar-refractivity contribution in [2.45, 2.75) is 26.8 Å². The second-order valence-electron chi connectivity index (χ2n) is 6.20. The molecular weight excluding hydrogens is 318 g/mol. The molecule has 0 saturated heterocycles. The van der Waals surface area contributed by atoms with Crippen LogP contribution >= 0.6 is 11.3 Å². The molecule has 0 aliphatic rings. The van der Waals surface area contributed by atoms with Gasteiger partial charge in [-0.2, -0.15) is 0 Å². The van der Waals surface area contributed by atoms with Crippen LogP contribution in [0.15, 0.2) is 42.5 Å². The number of nitrogens with zero attached hydrogens (tertiary/aromatic N) is 1. The van der Waals surface area contributed by atoms with E-state index in [1.807, 2.05) is 38.1 Å². The molecule has 124 valence electrons. The van der Waals surface area contributed by atoms with Gasteiger partial charge in [0.15, 0.2) is 0 Å². The fourth-order valence-electron chi connectivity index (χ4n) is 2.35. The van der Waals surface area contributed by atoms with E-state index in [-0.39, 0.29) is 17.9 Å². The summed E-state index contributed by atoms with van der Waals surface area (Å²) in [6, 6.07) is 13.9. The third kappa shape index (κ3) is 3.47. The van der Waals surface area contributed by atoms with Crippen LogP contribution in [0.1, 0.15) is 19.4 Å². The quantitative estimate of drug-likeness (QED) is 0.749. The number of hydrogen-bond acceptors (Lipinski definition) is 4. The first-order valence-electron chi connectivity index (χ1n) is 7.98. The summed E-state index contributed by atoms with van der Waals surface area (Å²) in [5.74, 6) is -0.287. The Hall–Kier alpha value is -2.24. The van der Waals surface area contributed by atoms with Crippen molar-refractivity contribution in [3.63, 3.8) is 0 Å². The Morgan fingerprint density at radius 1 is 1.17 bits per heavy atom. The molecule has 3 aromatic rings. The lowest BCUT2D eigenvalue weighted by molar-refractivity contribution is -0.119. The number of anilines is 1. The molecule has 0 spiro atoms. The predicted molar refractivity (Wildman–Crippen MR) is 101 cm³/mol. The smallest absolute Gasteiger partial charge is 0.228 e. The number of carbonyl (C=O) groups is 1. The summed E-state index contributed by atoms with van der Waals surface area (Å²) in [7, 11) is 0. The maximum atomic E-state index is 12.1. The summed E-state index contributed by atoms with van der Waals surface area (Å²) in [5, 5.41) is 3.88. The van der Waals surface area contributed by atoms with Crippen LogP contribution in [0.4, 0.5) is 5.69 Å². The first-order valence-corrected chi connectivity index (χ1v) is 8.80. The molecule has 0 radical (unpaired) electrons. The van der Waals surface area contributed by atoms with E-state index >= 15 is 0 Å². The zero-order valence-corrected chi connectivity index (χ0v) is 14.9. The zero-order chi connectivity index (χ0) is 17.3. The summed E-state index contributed by atoms with van der Waals surface area (Å²) in [4.78, 5) is 16.7. The molecule has 1 aromatic heterocycles. The van der Waals surface area contributed by atoms with Crippen LogP contribution in [-0.4, -0.2) is 16.9 Å². The normalized spacial score (nSPS) is 13.7. The van der Waals surface area contributed by atoms with Crippen LogP contribution < -0.4 is 11.1 Å². The SMILES string of the molecule is Cc1ccc2nc(-c3ccc(NC(=O)C(C)C(C)N)cc3)sc2c1. The van der Waals surface area contributed by atoms with E-state index < -0.39 is 0 Å². The molecule has 0 aliphatic heterocycles. The Bertz CT molecular complexity index is 868. The highest BCUT2D eigenvalue weighted by molar-refractivity contribution is 7.21. The average Bonchev–Trinajstić information content (AvgIpc) is 2.97. The second kappa shape index (κ2) is 6.71. The number of nitrogens with one attached hydrogen (secondary N) is 1. The number of nitrogens with two attached hydrogens (primary N) is 1. The first-order chi connectivity index (χ1) is 11.4.